The minimum absolute atomic E-state index is 0.0217. The molecule has 2 aromatic heterocycles. The number of methoxy groups -OCH3 is 1. The van der Waals surface area contributed by atoms with Crippen molar-refractivity contribution in [3.05, 3.63) is 41.6 Å². The number of carbonyl (C=O) groups is 2. The minimum atomic E-state index is -1.03. The second kappa shape index (κ2) is 8.22. The van der Waals surface area contributed by atoms with Crippen LogP contribution in [0.4, 0.5) is 0 Å². The molecule has 0 aromatic carbocycles. The first-order valence-corrected chi connectivity index (χ1v) is 8.79. The Hall–Kier alpha value is -2.87. The van der Waals surface area contributed by atoms with Crippen molar-refractivity contribution in [3.8, 4) is 11.3 Å². The molecule has 8 nitrogen and oxygen atoms in total. The standard InChI is InChI=1S/C19H22N4O4/c1-12-21-16(13-4-3-5-23(10-13)18(24)11-27-2)7-17(22-12)14-6-15(19(25)26)9-20-8-14/h6-9,13H,3-5,10-11H2,1-2H3,(H,25,26). The number of amides is 1. The van der Waals surface area contributed by atoms with Crippen molar-refractivity contribution in [2.45, 2.75) is 25.7 Å². The molecule has 0 spiro atoms. The zero-order valence-electron chi connectivity index (χ0n) is 15.4. The highest BCUT2D eigenvalue weighted by atomic mass is 16.5. The number of ether oxygens (including phenoxy) is 1. The lowest BCUT2D eigenvalue weighted by Crippen LogP contribution is -2.41. The summed E-state index contributed by atoms with van der Waals surface area (Å²) in [6.45, 7) is 3.19. The maximum Gasteiger partial charge on any atom is 0.337 e. The van der Waals surface area contributed by atoms with Gasteiger partial charge in [-0.25, -0.2) is 14.8 Å². The third-order valence-corrected chi connectivity index (χ3v) is 4.60. The van der Waals surface area contributed by atoms with E-state index in [9.17, 15) is 14.7 Å². The second-order valence-corrected chi connectivity index (χ2v) is 6.60. The summed E-state index contributed by atoms with van der Waals surface area (Å²) in [5, 5.41) is 9.17. The van der Waals surface area contributed by atoms with Crippen LogP contribution in [0.1, 0.15) is 40.6 Å². The third-order valence-electron chi connectivity index (χ3n) is 4.60. The van der Waals surface area contributed by atoms with Crippen molar-refractivity contribution >= 4 is 11.9 Å². The van der Waals surface area contributed by atoms with Crippen molar-refractivity contribution in [1.29, 1.82) is 0 Å². The van der Waals surface area contributed by atoms with Gasteiger partial charge in [-0.1, -0.05) is 0 Å². The van der Waals surface area contributed by atoms with Crippen LogP contribution in [0.15, 0.2) is 24.5 Å². The number of aromatic nitrogens is 3. The van der Waals surface area contributed by atoms with Crippen LogP contribution in [0.25, 0.3) is 11.3 Å². The van der Waals surface area contributed by atoms with E-state index in [4.69, 9.17) is 4.74 Å². The number of hydrogen-bond donors (Lipinski definition) is 1. The summed E-state index contributed by atoms with van der Waals surface area (Å²) in [6, 6.07) is 3.42. The number of carboxylic acids is 1. The van der Waals surface area contributed by atoms with E-state index in [0.717, 1.165) is 25.1 Å². The Morgan fingerprint density at radius 1 is 1.30 bits per heavy atom. The van der Waals surface area contributed by atoms with Gasteiger partial charge >= 0.3 is 5.97 Å². The molecule has 27 heavy (non-hydrogen) atoms. The van der Waals surface area contributed by atoms with E-state index >= 15 is 0 Å². The molecular formula is C19H22N4O4. The normalized spacial score (nSPS) is 17.0. The fraction of sp³-hybridized carbons (Fsp3) is 0.421. The summed E-state index contributed by atoms with van der Waals surface area (Å²) in [4.78, 5) is 38.1. The predicted octanol–water partition coefficient (Wildman–Crippen LogP) is 1.90. The van der Waals surface area contributed by atoms with Crippen LogP contribution in [0.5, 0.6) is 0 Å². The van der Waals surface area contributed by atoms with Gasteiger partial charge in [-0.15, -0.1) is 0 Å². The molecule has 1 atom stereocenters. The average molecular weight is 370 g/mol. The average Bonchev–Trinajstić information content (AvgIpc) is 2.68. The molecule has 1 aliphatic rings. The van der Waals surface area contributed by atoms with Gasteiger partial charge < -0.3 is 14.7 Å². The lowest BCUT2D eigenvalue weighted by atomic mass is 9.93. The highest BCUT2D eigenvalue weighted by molar-refractivity contribution is 5.88. The Balaban J connectivity index is 1.88. The molecule has 0 radical (unpaired) electrons. The monoisotopic (exact) mass is 370 g/mol. The summed E-state index contributed by atoms with van der Waals surface area (Å²) in [5.74, 6) is -0.347. The van der Waals surface area contributed by atoms with E-state index < -0.39 is 5.97 Å². The highest BCUT2D eigenvalue weighted by Gasteiger charge is 2.26. The van der Waals surface area contributed by atoms with E-state index in [-0.39, 0.29) is 24.0 Å². The van der Waals surface area contributed by atoms with Crippen LogP contribution in [0.2, 0.25) is 0 Å². The molecule has 0 bridgehead atoms. The van der Waals surface area contributed by atoms with Crippen molar-refractivity contribution in [3.63, 3.8) is 0 Å². The van der Waals surface area contributed by atoms with E-state index in [0.29, 0.717) is 23.6 Å². The molecule has 142 valence electrons. The Kier molecular flexibility index (Phi) is 5.75. The number of nitrogens with zero attached hydrogens (tertiary/aromatic N) is 4. The van der Waals surface area contributed by atoms with Gasteiger partial charge in [0.1, 0.15) is 12.4 Å². The number of likely N-dealkylation sites (tertiary alicyclic amines) is 1. The lowest BCUT2D eigenvalue weighted by molar-refractivity contribution is -0.136. The number of aryl methyl sites for hydroxylation is 1. The van der Waals surface area contributed by atoms with E-state index in [1.54, 1.807) is 24.1 Å². The molecule has 8 heteroatoms. The zero-order chi connectivity index (χ0) is 19.4. The fourth-order valence-electron chi connectivity index (χ4n) is 3.30. The molecule has 0 saturated carbocycles. The second-order valence-electron chi connectivity index (χ2n) is 6.60. The van der Waals surface area contributed by atoms with Gasteiger partial charge in [0.15, 0.2) is 0 Å². The Bertz CT molecular complexity index is 855. The van der Waals surface area contributed by atoms with Crippen molar-refractivity contribution in [2.24, 2.45) is 0 Å². The van der Waals surface area contributed by atoms with E-state index in [2.05, 4.69) is 15.0 Å². The number of hydrogen-bond acceptors (Lipinski definition) is 6. The Morgan fingerprint density at radius 3 is 2.85 bits per heavy atom. The van der Waals surface area contributed by atoms with Gasteiger partial charge in [-0.05, 0) is 31.9 Å². The molecule has 1 unspecified atom stereocenters. The zero-order valence-corrected chi connectivity index (χ0v) is 15.4. The van der Waals surface area contributed by atoms with Crippen LogP contribution < -0.4 is 0 Å². The van der Waals surface area contributed by atoms with Crippen molar-refractivity contribution in [2.75, 3.05) is 26.8 Å². The molecular weight excluding hydrogens is 348 g/mol. The van der Waals surface area contributed by atoms with Crippen molar-refractivity contribution < 1.29 is 19.4 Å². The van der Waals surface area contributed by atoms with Crippen LogP contribution in [0, 0.1) is 6.92 Å². The van der Waals surface area contributed by atoms with Gasteiger partial charge in [-0.3, -0.25) is 9.78 Å². The van der Waals surface area contributed by atoms with Gasteiger partial charge in [0.05, 0.1) is 11.3 Å². The molecule has 1 fully saturated rings. The smallest absolute Gasteiger partial charge is 0.337 e. The van der Waals surface area contributed by atoms with Crippen molar-refractivity contribution in [1.82, 2.24) is 19.9 Å². The number of rotatable bonds is 5. The number of pyridine rings is 1. The largest absolute Gasteiger partial charge is 0.478 e. The molecule has 0 aliphatic carbocycles. The summed E-state index contributed by atoms with van der Waals surface area (Å²) in [5.41, 5.74) is 2.23. The quantitative estimate of drug-likeness (QED) is 0.857. The predicted molar refractivity (Wildman–Crippen MR) is 97.4 cm³/mol. The number of piperidine rings is 1. The van der Waals surface area contributed by atoms with Crippen LogP contribution in [-0.4, -0.2) is 63.6 Å². The fourth-order valence-corrected chi connectivity index (χ4v) is 3.30. The Labute approximate surface area is 157 Å². The third kappa shape index (κ3) is 4.46. The van der Waals surface area contributed by atoms with Gasteiger partial charge in [0.25, 0.3) is 0 Å². The van der Waals surface area contributed by atoms with Crippen LogP contribution in [0.3, 0.4) is 0 Å². The first kappa shape index (κ1) is 18.9. The summed E-state index contributed by atoms with van der Waals surface area (Å²) < 4.78 is 4.95. The summed E-state index contributed by atoms with van der Waals surface area (Å²) in [6.07, 6.45) is 4.73. The Morgan fingerprint density at radius 2 is 2.11 bits per heavy atom. The molecule has 1 aliphatic heterocycles. The molecule has 2 aromatic rings. The van der Waals surface area contributed by atoms with E-state index in [1.165, 1.54) is 13.3 Å². The number of carboxylic acid groups (broad SMARTS) is 1. The lowest BCUT2D eigenvalue weighted by Gasteiger charge is -2.32. The summed E-state index contributed by atoms with van der Waals surface area (Å²) >= 11 is 0. The number of carbonyl (C=O) groups excluding carboxylic acids is 1. The maximum atomic E-state index is 12.1. The first-order chi connectivity index (χ1) is 13.0. The molecule has 1 amide bonds. The summed E-state index contributed by atoms with van der Waals surface area (Å²) in [7, 11) is 1.51. The molecule has 3 heterocycles. The van der Waals surface area contributed by atoms with Gasteiger partial charge in [-0.2, -0.15) is 0 Å². The SMILES string of the molecule is COCC(=O)N1CCCC(c2cc(-c3cncc(C(=O)O)c3)nc(C)n2)C1. The van der Waals surface area contributed by atoms with E-state index in [1.807, 2.05) is 6.07 Å². The van der Waals surface area contributed by atoms with Crippen LogP contribution in [-0.2, 0) is 9.53 Å². The molecule has 3 rings (SSSR count). The number of aromatic carboxylic acids is 1. The van der Waals surface area contributed by atoms with Gasteiger partial charge in [0, 0.05) is 49.8 Å². The van der Waals surface area contributed by atoms with Crippen LogP contribution >= 0.6 is 0 Å². The van der Waals surface area contributed by atoms with Gasteiger partial charge in [0.2, 0.25) is 5.91 Å². The first-order valence-electron chi connectivity index (χ1n) is 8.79. The molecule has 1 saturated heterocycles. The topological polar surface area (TPSA) is 106 Å². The maximum absolute atomic E-state index is 12.1. The minimum Gasteiger partial charge on any atom is -0.478 e. The highest BCUT2D eigenvalue weighted by Crippen LogP contribution is 2.28. The molecule has 1 N–H and O–H groups in total.